The highest BCUT2D eigenvalue weighted by Gasteiger charge is 2.46. The Morgan fingerprint density at radius 3 is 1.64 bits per heavy atom. The second kappa shape index (κ2) is 39.6. The Kier molecular flexibility index (Phi) is 35.4. The van der Waals surface area contributed by atoms with Crippen LogP contribution < -0.4 is 11.4 Å². The summed E-state index contributed by atoms with van der Waals surface area (Å²) in [6.07, 6.45) is 41.4. The molecule has 0 saturated carbocycles. The van der Waals surface area contributed by atoms with Gasteiger partial charge in [0.25, 0.3) is 0 Å². The number of hydrogen-bond acceptors (Lipinski definition) is 15. The second-order valence-corrected chi connectivity index (χ2v) is 20.7. The van der Waals surface area contributed by atoms with E-state index in [0.29, 0.717) is 25.7 Å². The smallest absolute Gasteiger partial charge is 0.462 e. The van der Waals surface area contributed by atoms with E-state index in [-0.39, 0.29) is 18.7 Å². The van der Waals surface area contributed by atoms with E-state index in [4.69, 9.17) is 29.0 Å². The minimum atomic E-state index is -5.45. The number of anilines is 1. The summed E-state index contributed by atoms with van der Waals surface area (Å²) < 4.78 is 56.7. The van der Waals surface area contributed by atoms with Crippen LogP contribution in [-0.2, 0) is 46.3 Å². The van der Waals surface area contributed by atoms with Gasteiger partial charge in [0.2, 0.25) is 0 Å². The van der Waals surface area contributed by atoms with Crippen molar-refractivity contribution in [1.82, 2.24) is 9.55 Å². The van der Waals surface area contributed by atoms with Crippen LogP contribution in [0.3, 0.4) is 0 Å². The van der Waals surface area contributed by atoms with Gasteiger partial charge in [-0.3, -0.25) is 23.2 Å². The lowest BCUT2D eigenvalue weighted by molar-refractivity contribution is -0.161. The van der Waals surface area contributed by atoms with E-state index < -0.39 is 83.7 Å². The van der Waals surface area contributed by atoms with Crippen molar-refractivity contribution >= 4 is 33.4 Å². The monoisotopic (exact) mass is 1050 g/mol. The number of phosphoric acid groups is 2. The average Bonchev–Trinajstić information content (AvgIpc) is 3.62. The zero-order chi connectivity index (χ0) is 52.7. The molecule has 1 aromatic heterocycles. The number of aliphatic hydroxyl groups is 2. The molecule has 18 nitrogen and oxygen atoms in total. The fraction of sp³-hybridized carbons (Fsp3) is 0.654. The molecule has 2 heterocycles. The summed E-state index contributed by atoms with van der Waals surface area (Å²) in [5.41, 5.74) is 4.58. The summed E-state index contributed by atoms with van der Waals surface area (Å²) in [4.78, 5) is 61.9. The second-order valence-electron chi connectivity index (χ2n) is 17.7. The lowest BCUT2D eigenvalue weighted by atomic mass is 10.1. The first-order valence-electron chi connectivity index (χ1n) is 25.9. The fourth-order valence-electron chi connectivity index (χ4n) is 7.23. The highest BCUT2D eigenvalue weighted by atomic mass is 31.3. The number of esters is 2. The maximum atomic E-state index is 12.8. The molecule has 1 aliphatic heterocycles. The summed E-state index contributed by atoms with van der Waals surface area (Å²) in [6.45, 7) is 2.04. The minimum Gasteiger partial charge on any atom is -0.462 e. The lowest BCUT2D eigenvalue weighted by Crippen LogP contribution is -2.36. The molecule has 1 aliphatic rings. The average molecular weight is 1050 g/mol. The van der Waals surface area contributed by atoms with Crippen LogP contribution in [0.1, 0.15) is 174 Å². The first kappa shape index (κ1) is 64.3. The Labute approximate surface area is 427 Å². The van der Waals surface area contributed by atoms with Crippen LogP contribution in [0.25, 0.3) is 0 Å². The standard InChI is InChI=1S/C52H85N3O15P2/c1-3-5-7-9-11-13-15-17-19-21-23-25-27-29-31-33-35-37-47(56)65-41-44(68-48(57)38-36-34-32-30-28-26-24-22-20-18-16-14-12-10-8-6-4-2)42-66-71(61,62)70-72(63,64)67-43-45-49(58)50(59)51(69-45)55-40-39-46(53)54-52(55)60/h17-20,23-26,29-32,39-40,44-45,49-51,58-59H,3-16,21-22,27-28,33-38,41-43H2,1-2H3,(H,61,62)(H,63,64)(H2,53,54,60)/b19-17-,20-18-,25-23-,26-24-,31-29-,32-30-/t44-,45-,49+,50?,51-/m1/s1. The number of unbranched alkanes of at least 4 members (excludes halogenated alkanes) is 14. The number of hydrogen-bond donors (Lipinski definition) is 5. The number of ether oxygens (including phenoxy) is 3. The Bertz CT molecular complexity index is 1990. The molecule has 1 saturated heterocycles. The van der Waals surface area contributed by atoms with Gasteiger partial charge in [-0.05, 0) is 83.1 Å². The van der Waals surface area contributed by atoms with E-state index in [0.717, 1.165) is 49.3 Å². The Balaban J connectivity index is 1.85. The molecule has 0 bridgehead atoms. The Hall–Kier alpha value is -3.80. The number of rotatable bonds is 42. The third-order valence-corrected chi connectivity index (χ3v) is 13.9. The molecule has 1 fully saturated rings. The summed E-state index contributed by atoms with van der Waals surface area (Å²) in [7, 11) is -10.9. The number of allylic oxidation sites excluding steroid dienone is 12. The van der Waals surface area contributed by atoms with E-state index in [1.165, 1.54) is 83.1 Å². The van der Waals surface area contributed by atoms with Gasteiger partial charge in [-0.1, -0.05) is 151 Å². The molecule has 72 heavy (non-hydrogen) atoms. The number of carbonyl (C=O) groups excluding carboxylic acids is 2. The van der Waals surface area contributed by atoms with Gasteiger partial charge in [-0.25, -0.2) is 13.9 Å². The van der Waals surface area contributed by atoms with Crippen molar-refractivity contribution in [2.75, 3.05) is 25.6 Å². The maximum absolute atomic E-state index is 12.8. The molecule has 0 aromatic carbocycles. The van der Waals surface area contributed by atoms with Gasteiger partial charge in [0.05, 0.1) is 13.2 Å². The largest absolute Gasteiger partial charge is 0.481 e. The zero-order valence-electron chi connectivity index (χ0n) is 42.7. The minimum absolute atomic E-state index is 0.0351. The van der Waals surface area contributed by atoms with Crippen molar-refractivity contribution in [3.8, 4) is 0 Å². The van der Waals surface area contributed by atoms with Crippen LogP contribution in [0.5, 0.6) is 0 Å². The van der Waals surface area contributed by atoms with Crippen molar-refractivity contribution in [1.29, 1.82) is 0 Å². The highest BCUT2D eigenvalue weighted by molar-refractivity contribution is 7.61. The Morgan fingerprint density at radius 2 is 1.12 bits per heavy atom. The van der Waals surface area contributed by atoms with Crippen LogP contribution in [-0.4, -0.2) is 85.7 Å². The van der Waals surface area contributed by atoms with Gasteiger partial charge in [0.1, 0.15) is 30.7 Å². The first-order chi connectivity index (χ1) is 34.7. The van der Waals surface area contributed by atoms with E-state index in [1.54, 1.807) is 0 Å². The van der Waals surface area contributed by atoms with E-state index in [2.05, 4.69) is 71.8 Å². The van der Waals surface area contributed by atoms with Crippen molar-refractivity contribution in [3.05, 3.63) is 95.7 Å². The molecule has 0 amide bonds. The fourth-order valence-corrected chi connectivity index (χ4v) is 9.34. The number of nitrogens with two attached hydrogens (primary N) is 1. The predicted octanol–water partition coefficient (Wildman–Crippen LogP) is 10.9. The number of nitrogen functional groups attached to an aromatic ring is 1. The number of aromatic nitrogens is 2. The molecular weight excluding hydrogens is 969 g/mol. The van der Waals surface area contributed by atoms with Gasteiger partial charge < -0.3 is 39.9 Å². The molecule has 0 aliphatic carbocycles. The van der Waals surface area contributed by atoms with Crippen molar-refractivity contribution < 1.29 is 66.3 Å². The summed E-state index contributed by atoms with van der Waals surface area (Å²) in [6, 6.07) is 1.24. The maximum Gasteiger partial charge on any atom is 0.481 e. The molecule has 1 aromatic rings. The van der Waals surface area contributed by atoms with Gasteiger partial charge in [-0.15, -0.1) is 0 Å². The summed E-state index contributed by atoms with van der Waals surface area (Å²) in [5.74, 6) is -1.43. The summed E-state index contributed by atoms with van der Waals surface area (Å²) >= 11 is 0. The lowest BCUT2D eigenvalue weighted by Gasteiger charge is -2.21. The van der Waals surface area contributed by atoms with Crippen LogP contribution in [0.2, 0.25) is 0 Å². The molecule has 0 spiro atoms. The third-order valence-electron chi connectivity index (χ3n) is 11.3. The van der Waals surface area contributed by atoms with Gasteiger partial charge >= 0.3 is 33.3 Å². The van der Waals surface area contributed by atoms with Crippen LogP contribution in [0, 0.1) is 0 Å². The normalized spacial score (nSPS) is 19.6. The molecule has 0 radical (unpaired) electrons. The third kappa shape index (κ3) is 31.7. The molecule has 2 rings (SSSR count). The van der Waals surface area contributed by atoms with E-state index in [1.807, 2.05) is 24.3 Å². The molecule has 20 heteroatoms. The first-order valence-corrected chi connectivity index (χ1v) is 28.9. The van der Waals surface area contributed by atoms with Gasteiger partial charge in [-0.2, -0.15) is 9.29 Å². The molecule has 3 unspecified atom stereocenters. The number of phosphoric ester groups is 2. The number of carbonyl (C=O) groups is 2. The van der Waals surface area contributed by atoms with Gasteiger partial charge in [0, 0.05) is 19.0 Å². The van der Waals surface area contributed by atoms with Crippen LogP contribution in [0.15, 0.2) is 90.0 Å². The molecule has 408 valence electrons. The number of nitrogens with zero attached hydrogens (tertiary/aromatic N) is 2. The quantitative estimate of drug-likeness (QED) is 0.0176. The van der Waals surface area contributed by atoms with E-state index >= 15 is 0 Å². The van der Waals surface area contributed by atoms with Crippen molar-refractivity contribution in [2.45, 2.75) is 199 Å². The SMILES string of the molecule is CCCCCCCC/C=C\C/C=C\C/C=C\CCCC(=O)OC[C@H](COP(=O)(O)OP(=O)(O)OC[C@H]1O[C@@H](n2ccc(N)nc2=O)C(O)[C@H]1O)OC(=O)CCC/C=C\C/C=C\C/C=C\CCCCCCCC. The molecule has 7 atom stereocenters. The van der Waals surface area contributed by atoms with Crippen LogP contribution >= 0.6 is 15.6 Å². The van der Waals surface area contributed by atoms with Gasteiger partial charge in [0.15, 0.2) is 12.3 Å². The number of aliphatic hydroxyl groups excluding tert-OH is 2. The molecular formula is C52H85N3O15P2. The van der Waals surface area contributed by atoms with Crippen molar-refractivity contribution in [3.63, 3.8) is 0 Å². The van der Waals surface area contributed by atoms with E-state index in [9.17, 15) is 43.5 Å². The summed E-state index contributed by atoms with van der Waals surface area (Å²) in [5, 5.41) is 20.9. The van der Waals surface area contributed by atoms with Crippen LogP contribution in [0.4, 0.5) is 5.82 Å². The molecule has 6 N–H and O–H groups in total. The highest BCUT2D eigenvalue weighted by Crippen LogP contribution is 2.60. The van der Waals surface area contributed by atoms with Crippen molar-refractivity contribution in [2.24, 2.45) is 0 Å². The topological polar surface area (TPSA) is 265 Å². The predicted molar refractivity (Wildman–Crippen MR) is 279 cm³/mol. The Morgan fingerprint density at radius 1 is 0.667 bits per heavy atom. The zero-order valence-corrected chi connectivity index (χ0v) is 44.5.